The third-order valence-corrected chi connectivity index (χ3v) is 3.86. The van der Waals surface area contributed by atoms with Crippen LogP contribution in [0.4, 0.5) is 0 Å². The SMILES string of the molecule is O=C(OC1CCOC1)c1cccc(S(=O)(=O)Cl)c1. The molecule has 1 aromatic rings. The number of rotatable bonds is 3. The Morgan fingerprint density at radius 1 is 1.44 bits per heavy atom. The van der Waals surface area contributed by atoms with Crippen LogP contribution in [0, 0.1) is 0 Å². The van der Waals surface area contributed by atoms with Crippen LogP contribution >= 0.6 is 10.7 Å². The number of hydrogen-bond donors (Lipinski definition) is 0. The van der Waals surface area contributed by atoms with E-state index in [1.54, 1.807) is 0 Å². The van der Waals surface area contributed by atoms with Crippen molar-refractivity contribution in [3.05, 3.63) is 29.8 Å². The van der Waals surface area contributed by atoms with Gasteiger partial charge in [-0.3, -0.25) is 0 Å². The van der Waals surface area contributed by atoms with Crippen molar-refractivity contribution in [3.63, 3.8) is 0 Å². The minimum absolute atomic E-state index is 0.124. The fraction of sp³-hybridized carbons (Fsp3) is 0.364. The van der Waals surface area contributed by atoms with Crippen molar-refractivity contribution < 1.29 is 22.7 Å². The summed E-state index contributed by atoms with van der Waals surface area (Å²) >= 11 is 0. The molecule has 1 heterocycles. The Morgan fingerprint density at radius 2 is 2.22 bits per heavy atom. The highest BCUT2D eigenvalue weighted by atomic mass is 35.7. The standard InChI is InChI=1S/C11H11ClO5S/c12-18(14,15)10-3-1-2-8(6-10)11(13)17-9-4-5-16-7-9/h1-3,6,9H,4-5,7H2. The van der Waals surface area contributed by atoms with Gasteiger partial charge in [0.2, 0.25) is 0 Å². The molecule has 1 aromatic carbocycles. The summed E-state index contributed by atoms with van der Waals surface area (Å²) in [5.41, 5.74) is 0.156. The summed E-state index contributed by atoms with van der Waals surface area (Å²) in [4.78, 5) is 11.6. The highest BCUT2D eigenvalue weighted by Gasteiger charge is 2.21. The van der Waals surface area contributed by atoms with Gasteiger partial charge in [-0.2, -0.15) is 0 Å². The first-order valence-electron chi connectivity index (χ1n) is 5.30. The van der Waals surface area contributed by atoms with Crippen molar-refractivity contribution in [3.8, 4) is 0 Å². The van der Waals surface area contributed by atoms with Crippen LogP contribution in [0.5, 0.6) is 0 Å². The Balaban J connectivity index is 2.15. The lowest BCUT2D eigenvalue weighted by atomic mass is 10.2. The highest BCUT2D eigenvalue weighted by Crippen LogP contribution is 2.18. The van der Waals surface area contributed by atoms with Gasteiger partial charge in [-0.05, 0) is 18.2 Å². The molecule has 0 aliphatic carbocycles. The molecule has 0 spiro atoms. The van der Waals surface area contributed by atoms with E-state index in [2.05, 4.69) is 0 Å². The second-order valence-corrected chi connectivity index (χ2v) is 6.42. The molecule has 1 fully saturated rings. The lowest BCUT2D eigenvalue weighted by molar-refractivity contribution is 0.0270. The van der Waals surface area contributed by atoms with E-state index >= 15 is 0 Å². The molecule has 0 radical (unpaired) electrons. The molecule has 18 heavy (non-hydrogen) atoms. The molecular weight excluding hydrogens is 280 g/mol. The zero-order chi connectivity index (χ0) is 13.2. The second-order valence-electron chi connectivity index (χ2n) is 3.86. The zero-order valence-electron chi connectivity index (χ0n) is 9.34. The molecule has 0 bridgehead atoms. The van der Waals surface area contributed by atoms with E-state index in [9.17, 15) is 13.2 Å². The maximum absolute atomic E-state index is 11.8. The van der Waals surface area contributed by atoms with Gasteiger partial charge >= 0.3 is 5.97 Å². The van der Waals surface area contributed by atoms with Crippen molar-refractivity contribution in [1.29, 1.82) is 0 Å². The average Bonchev–Trinajstić information content (AvgIpc) is 2.81. The fourth-order valence-corrected chi connectivity index (χ4v) is 2.40. The van der Waals surface area contributed by atoms with Gasteiger partial charge < -0.3 is 9.47 Å². The third-order valence-electron chi connectivity index (χ3n) is 2.51. The van der Waals surface area contributed by atoms with Crippen LogP contribution in [0.1, 0.15) is 16.8 Å². The summed E-state index contributed by atoms with van der Waals surface area (Å²) in [7, 11) is 1.36. The molecular formula is C11H11ClO5S. The number of carbonyl (C=O) groups excluding carboxylic acids is 1. The summed E-state index contributed by atoms with van der Waals surface area (Å²) in [6.45, 7) is 0.938. The molecule has 1 atom stereocenters. The predicted octanol–water partition coefficient (Wildman–Crippen LogP) is 1.56. The highest BCUT2D eigenvalue weighted by molar-refractivity contribution is 8.13. The number of esters is 1. The maximum atomic E-state index is 11.8. The molecule has 5 nitrogen and oxygen atoms in total. The number of hydrogen-bond acceptors (Lipinski definition) is 5. The molecule has 0 saturated carbocycles. The summed E-state index contributed by atoms with van der Waals surface area (Å²) < 4.78 is 32.5. The van der Waals surface area contributed by atoms with Gasteiger partial charge in [-0.25, -0.2) is 13.2 Å². The number of halogens is 1. The van der Waals surface area contributed by atoms with Crippen LogP contribution in [-0.4, -0.2) is 33.7 Å². The summed E-state index contributed by atoms with van der Waals surface area (Å²) in [6, 6.07) is 5.43. The lowest BCUT2D eigenvalue weighted by Crippen LogP contribution is -2.18. The Hall–Kier alpha value is -1.11. The molecule has 0 aromatic heterocycles. The van der Waals surface area contributed by atoms with Gasteiger partial charge in [0.1, 0.15) is 6.10 Å². The third kappa shape index (κ3) is 3.22. The van der Waals surface area contributed by atoms with Crippen LogP contribution in [0.2, 0.25) is 0 Å². The molecule has 98 valence electrons. The second kappa shape index (κ2) is 5.26. The topological polar surface area (TPSA) is 69.7 Å². The van der Waals surface area contributed by atoms with E-state index in [1.165, 1.54) is 24.3 Å². The average molecular weight is 291 g/mol. The molecule has 1 saturated heterocycles. The van der Waals surface area contributed by atoms with Crippen LogP contribution in [0.25, 0.3) is 0 Å². The Morgan fingerprint density at radius 3 is 2.83 bits per heavy atom. The summed E-state index contributed by atoms with van der Waals surface area (Å²) in [5, 5.41) is 0. The Bertz CT molecular complexity index is 548. The summed E-state index contributed by atoms with van der Waals surface area (Å²) in [6.07, 6.45) is 0.382. The van der Waals surface area contributed by atoms with Crippen LogP contribution in [0.3, 0.4) is 0 Å². The van der Waals surface area contributed by atoms with E-state index in [4.69, 9.17) is 20.2 Å². The smallest absolute Gasteiger partial charge is 0.338 e. The van der Waals surface area contributed by atoms with Crippen molar-refractivity contribution in [1.82, 2.24) is 0 Å². The van der Waals surface area contributed by atoms with Crippen LogP contribution < -0.4 is 0 Å². The van der Waals surface area contributed by atoms with E-state index in [0.717, 1.165) is 0 Å². The number of ether oxygens (including phenoxy) is 2. The fourth-order valence-electron chi connectivity index (χ4n) is 1.60. The minimum Gasteiger partial charge on any atom is -0.456 e. The van der Waals surface area contributed by atoms with E-state index in [1.807, 2.05) is 0 Å². The van der Waals surface area contributed by atoms with Gasteiger partial charge in [-0.1, -0.05) is 6.07 Å². The van der Waals surface area contributed by atoms with Gasteiger partial charge in [0.25, 0.3) is 9.05 Å². The van der Waals surface area contributed by atoms with Crippen LogP contribution in [-0.2, 0) is 18.5 Å². The van der Waals surface area contributed by atoms with E-state index in [-0.39, 0.29) is 16.6 Å². The maximum Gasteiger partial charge on any atom is 0.338 e. The summed E-state index contributed by atoms with van der Waals surface area (Å²) in [5.74, 6) is -0.576. The van der Waals surface area contributed by atoms with Gasteiger partial charge in [0.15, 0.2) is 0 Å². The number of benzene rings is 1. The zero-order valence-corrected chi connectivity index (χ0v) is 10.9. The molecule has 0 amide bonds. The molecule has 7 heteroatoms. The van der Waals surface area contributed by atoms with Gasteiger partial charge in [0.05, 0.1) is 23.7 Å². The molecule has 0 N–H and O–H groups in total. The first-order valence-corrected chi connectivity index (χ1v) is 7.61. The van der Waals surface area contributed by atoms with Gasteiger partial charge in [0, 0.05) is 17.1 Å². The van der Waals surface area contributed by atoms with Crippen molar-refractivity contribution in [2.75, 3.05) is 13.2 Å². The molecule has 1 aliphatic heterocycles. The van der Waals surface area contributed by atoms with Crippen molar-refractivity contribution in [2.45, 2.75) is 17.4 Å². The normalized spacial score (nSPS) is 19.7. The van der Waals surface area contributed by atoms with E-state index < -0.39 is 15.0 Å². The number of carbonyl (C=O) groups is 1. The predicted molar refractivity (Wildman–Crippen MR) is 64.1 cm³/mol. The largest absolute Gasteiger partial charge is 0.456 e. The quantitative estimate of drug-likeness (QED) is 0.624. The molecule has 2 rings (SSSR count). The first-order chi connectivity index (χ1) is 8.47. The molecule has 1 unspecified atom stereocenters. The van der Waals surface area contributed by atoms with Crippen molar-refractivity contribution in [2.24, 2.45) is 0 Å². The minimum atomic E-state index is -3.85. The van der Waals surface area contributed by atoms with E-state index in [0.29, 0.717) is 19.6 Å². The van der Waals surface area contributed by atoms with Crippen LogP contribution in [0.15, 0.2) is 29.2 Å². The van der Waals surface area contributed by atoms with Gasteiger partial charge in [-0.15, -0.1) is 0 Å². The molecule has 1 aliphatic rings. The Labute approximate surface area is 109 Å². The first kappa shape index (κ1) is 13.3. The van der Waals surface area contributed by atoms with Crippen molar-refractivity contribution >= 4 is 25.7 Å². The monoisotopic (exact) mass is 290 g/mol. The lowest BCUT2D eigenvalue weighted by Gasteiger charge is -2.10. The Kier molecular flexibility index (Phi) is 3.89.